The van der Waals surface area contributed by atoms with Gasteiger partial charge in [0.2, 0.25) is 0 Å². The van der Waals surface area contributed by atoms with E-state index >= 15 is 0 Å². The molecule has 0 atom stereocenters. The zero-order chi connectivity index (χ0) is 14.0. The molecule has 1 fully saturated rings. The average Bonchev–Trinajstić information content (AvgIpc) is 3.19. The van der Waals surface area contributed by atoms with Crippen molar-refractivity contribution < 1.29 is 19.4 Å². The quantitative estimate of drug-likeness (QED) is 0.829. The highest BCUT2D eigenvalue weighted by molar-refractivity contribution is 5.92. The van der Waals surface area contributed by atoms with Crippen molar-refractivity contribution in [3.05, 3.63) is 29.3 Å². The van der Waals surface area contributed by atoms with Crippen molar-refractivity contribution in [2.45, 2.75) is 19.8 Å². The Morgan fingerprint density at radius 3 is 2.37 bits per heavy atom. The number of carboxylic acid groups (broad SMARTS) is 1. The molecule has 0 spiro atoms. The fraction of sp³-hybridized carbons (Fsp3) is 0.400. The second kappa shape index (κ2) is 5.34. The number of ether oxygens (including phenoxy) is 2. The Balaban J connectivity index is 2.54. The number of allylic oxidation sites excluding steroid dienone is 1. The highest BCUT2D eigenvalue weighted by Gasteiger charge is 2.29. The molecule has 19 heavy (non-hydrogen) atoms. The molecule has 1 aliphatic rings. The normalized spacial score (nSPS) is 15.2. The summed E-state index contributed by atoms with van der Waals surface area (Å²) in [5.41, 5.74) is 2.60. The molecule has 0 saturated heterocycles. The van der Waals surface area contributed by atoms with Gasteiger partial charge in [-0.2, -0.15) is 0 Å². The fourth-order valence-corrected chi connectivity index (χ4v) is 2.22. The molecule has 2 rings (SSSR count). The summed E-state index contributed by atoms with van der Waals surface area (Å²) in [6.07, 6.45) is 3.33. The van der Waals surface area contributed by atoms with Gasteiger partial charge in [0.25, 0.3) is 0 Å². The standard InChI is InChI=1S/C15H18O4/c1-9-6-14(19-3)12(7-13(9)18-2)11(8-15(16)17)10-4-5-10/h6-8,10H,4-5H2,1-3H3,(H,16,17)/b11-8+. The number of methoxy groups -OCH3 is 2. The third-order valence-electron chi connectivity index (χ3n) is 3.32. The van der Waals surface area contributed by atoms with Gasteiger partial charge in [-0.05, 0) is 49.0 Å². The zero-order valence-electron chi connectivity index (χ0n) is 11.4. The summed E-state index contributed by atoms with van der Waals surface area (Å²) >= 11 is 0. The van der Waals surface area contributed by atoms with E-state index in [0.29, 0.717) is 11.7 Å². The Bertz CT molecular complexity index is 527. The van der Waals surface area contributed by atoms with Crippen LogP contribution in [0.15, 0.2) is 18.2 Å². The topological polar surface area (TPSA) is 55.8 Å². The van der Waals surface area contributed by atoms with Crippen molar-refractivity contribution in [3.63, 3.8) is 0 Å². The maximum atomic E-state index is 11.0. The van der Waals surface area contributed by atoms with Crippen LogP contribution in [0.1, 0.15) is 24.0 Å². The molecule has 1 aliphatic carbocycles. The van der Waals surface area contributed by atoms with Gasteiger partial charge in [0.1, 0.15) is 11.5 Å². The first-order chi connectivity index (χ1) is 9.06. The molecule has 0 bridgehead atoms. The van der Waals surface area contributed by atoms with Gasteiger partial charge in [-0.15, -0.1) is 0 Å². The summed E-state index contributed by atoms with van der Waals surface area (Å²) in [4.78, 5) is 11.0. The minimum absolute atomic E-state index is 0.317. The van der Waals surface area contributed by atoms with Crippen LogP contribution in [0.25, 0.3) is 5.57 Å². The van der Waals surface area contributed by atoms with E-state index in [2.05, 4.69) is 0 Å². The van der Waals surface area contributed by atoms with Gasteiger partial charge in [0.05, 0.1) is 14.2 Å². The minimum Gasteiger partial charge on any atom is -0.496 e. The van der Waals surface area contributed by atoms with E-state index in [-0.39, 0.29) is 0 Å². The molecule has 0 heterocycles. The van der Waals surface area contributed by atoms with Gasteiger partial charge in [0, 0.05) is 11.6 Å². The number of aliphatic carboxylic acids is 1. The van der Waals surface area contributed by atoms with E-state index in [0.717, 1.165) is 35.3 Å². The van der Waals surface area contributed by atoms with Gasteiger partial charge in [-0.1, -0.05) is 0 Å². The molecule has 0 amide bonds. The van der Waals surface area contributed by atoms with Gasteiger partial charge in [0.15, 0.2) is 0 Å². The van der Waals surface area contributed by atoms with Crippen LogP contribution in [0, 0.1) is 12.8 Å². The van der Waals surface area contributed by atoms with Crippen molar-refractivity contribution in [2.24, 2.45) is 5.92 Å². The predicted octanol–water partition coefficient (Wildman–Crippen LogP) is 2.89. The molecule has 0 radical (unpaired) electrons. The molecule has 0 unspecified atom stereocenters. The summed E-state index contributed by atoms with van der Waals surface area (Å²) in [5, 5.41) is 9.02. The summed E-state index contributed by atoms with van der Waals surface area (Å²) in [6.45, 7) is 1.93. The Labute approximate surface area is 112 Å². The minimum atomic E-state index is -0.927. The van der Waals surface area contributed by atoms with Crippen LogP contribution in [0.3, 0.4) is 0 Å². The van der Waals surface area contributed by atoms with Crippen LogP contribution in [-0.2, 0) is 4.79 Å². The Kier molecular flexibility index (Phi) is 3.79. The van der Waals surface area contributed by atoms with Gasteiger partial charge in [-0.3, -0.25) is 0 Å². The van der Waals surface area contributed by atoms with E-state index in [4.69, 9.17) is 14.6 Å². The smallest absolute Gasteiger partial charge is 0.328 e. The molecule has 0 aliphatic heterocycles. The van der Waals surface area contributed by atoms with Crippen molar-refractivity contribution in [3.8, 4) is 11.5 Å². The number of carboxylic acids is 1. The van der Waals surface area contributed by atoms with Crippen molar-refractivity contribution in [2.75, 3.05) is 14.2 Å². The molecule has 4 heteroatoms. The third kappa shape index (κ3) is 2.89. The number of aryl methyl sites for hydroxylation is 1. The van der Waals surface area contributed by atoms with Crippen molar-refractivity contribution in [1.29, 1.82) is 0 Å². The van der Waals surface area contributed by atoms with Crippen LogP contribution in [-0.4, -0.2) is 25.3 Å². The lowest BCUT2D eigenvalue weighted by Crippen LogP contribution is -1.99. The number of carbonyl (C=O) groups is 1. The number of hydrogen-bond acceptors (Lipinski definition) is 3. The van der Waals surface area contributed by atoms with Crippen LogP contribution in [0.5, 0.6) is 11.5 Å². The molecule has 1 aromatic rings. The van der Waals surface area contributed by atoms with E-state index in [1.807, 2.05) is 19.1 Å². The van der Waals surface area contributed by atoms with E-state index in [9.17, 15) is 4.79 Å². The largest absolute Gasteiger partial charge is 0.496 e. The lowest BCUT2D eigenvalue weighted by Gasteiger charge is -2.15. The summed E-state index contributed by atoms with van der Waals surface area (Å²) in [5.74, 6) is 0.825. The van der Waals surface area contributed by atoms with Crippen LogP contribution in [0.2, 0.25) is 0 Å². The highest BCUT2D eigenvalue weighted by atomic mass is 16.5. The number of hydrogen-bond donors (Lipinski definition) is 1. The van der Waals surface area contributed by atoms with Crippen molar-refractivity contribution in [1.82, 2.24) is 0 Å². The molecule has 1 N–H and O–H groups in total. The zero-order valence-corrected chi connectivity index (χ0v) is 11.4. The first-order valence-electron chi connectivity index (χ1n) is 6.24. The molecular weight excluding hydrogens is 244 g/mol. The van der Waals surface area contributed by atoms with E-state index in [1.54, 1.807) is 14.2 Å². The maximum absolute atomic E-state index is 11.0. The first kappa shape index (κ1) is 13.5. The second-order valence-electron chi connectivity index (χ2n) is 4.73. The van der Waals surface area contributed by atoms with Crippen LogP contribution in [0.4, 0.5) is 0 Å². The SMILES string of the molecule is COc1cc(/C(=C/C(=O)O)C2CC2)c(OC)cc1C. The Morgan fingerprint density at radius 2 is 1.89 bits per heavy atom. The third-order valence-corrected chi connectivity index (χ3v) is 3.32. The van der Waals surface area contributed by atoms with Crippen molar-refractivity contribution >= 4 is 11.5 Å². The van der Waals surface area contributed by atoms with Gasteiger partial charge >= 0.3 is 5.97 Å². The molecule has 102 valence electrons. The van der Waals surface area contributed by atoms with Gasteiger partial charge < -0.3 is 14.6 Å². The molecular formula is C15H18O4. The predicted molar refractivity (Wildman–Crippen MR) is 72.6 cm³/mol. The molecule has 0 aromatic heterocycles. The molecule has 1 aromatic carbocycles. The second-order valence-corrected chi connectivity index (χ2v) is 4.73. The Morgan fingerprint density at radius 1 is 1.26 bits per heavy atom. The van der Waals surface area contributed by atoms with E-state index in [1.165, 1.54) is 6.08 Å². The maximum Gasteiger partial charge on any atom is 0.328 e. The number of rotatable bonds is 5. The summed E-state index contributed by atoms with van der Waals surface area (Å²) in [6, 6.07) is 3.74. The summed E-state index contributed by atoms with van der Waals surface area (Å²) in [7, 11) is 3.20. The average molecular weight is 262 g/mol. The first-order valence-corrected chi connectivity index (χ1v) is 6.24. The van der Waals surface area contributed by atoms with Gasteiger partial charge in [-0.25, -0.2) is 4.79 Å². The van der Waals surface area contributed by atoms with E-state index < -0.39 is 5.97 Å². The molecule has 4 nitrogen and oxygen atoms in total. The van der Waals surface area contributed by atoms with Crippen LogP contribution >= 0.6 is 0 Å². The monoisotopic (exact) mass is 262 g/mol. The lowest BCUT2D eigenvalue weighted by atomic mass is 9.98. The number of benzene rings is 1. The molecule has 1 saturated carbocycles. The highest BCUT2D eigenvalue weighted by Crippen LogP contribution is 2.45. The Hall–Kier alpha value is -1.97. The lowest BCUT2D eigenvalue weighted by molar-refractivity contribution is -0.131. The fourth-order valence-electron chi connectivity index (χ4n) is 2.22. The van der Waals surface area contributed by atoms with Crippen LogP contribution < -0.4 is 9.47 Å². The summed E-state index contributed by atoms with van der Waals surface area (Å²) < 4.78 is 10.7.